The van der Waals surface area contributed by atoms with Crippen LogP contribution in [0.25, 0.3) is 0 Å². The van der Waals surface area contributed by atoms with Gasteiger partial charge in [-0.15, -0.1) is 11.3 Å². The minimum Gasteiger partial charge on any atom is -0.481 e. The van der Waals surface area contributed by atoms with E-state index in [4.69, 9.17) is 0 Å². The van der Waals surface area contributed by atoms with Crippen LogP contribution in [-0.4, -0.2) is 28.4 Å². The Balaban J connectivity index is 1.81. The summed E-state index contributed by atoms with van der Waals surface area (Å²) in [5.74, 6) is -0.362. The molecule has 1 aliphatic heterocycles. The first kappa shape index (κ1) is 14.6. The maximum atomic E-state index is 12.7. The van der Waals surface area contributed by atoms with Gasteiger partial charge in [0.25, 0.3) is 0 Å². The SMILES string of the molecule is CC(C)(CC(=O)N1CCc2sccc2C1C1CC1)C(=O)O. The lowest BCUT2D eigenvalue weighted by atomic mass is 9.87. The van der Waals surface area contributed by atoms with Gasteiger partial charge in [0, 0.05) is 17.8 Å². The van der Waals surface area contributed by atoms with E-state index < -0.39 is 11.4 Å². The van der Waals surface area contributed by atoms with Crippen molar-refractivity contribution >= 4 is 23.2 Å². The summed E-state index contributed by atoms with van der Waals surface area (Å²) < 4.78 is 0. The van der Waals surface area contributed by atoms with Crippen molar-refractivity contribution in [1.29, 1.82) is 0 Å². The first-order valence-electron chi connectivity index (χ1n) is 7.49. The first-order chi connectivity index (χ1) is 9.90. The zero-order valence-electron chi connectivity index (χ0n) is 12.5. The normalized spacial score (nSPS) is 22.0. The Morgan fingerprint density at radius 1 is 1.43 bits per heavy atom. The van der Waals surface area contributed by atoms with Crippen LogP contribution in [0.3, 0.4) is 0 Å². The van der Waals surface area contributed by atoms with Gasteiger partial charge in [-0.3, -0.25) is 9.59 Å². The highest BCUT2D eigenvalue weighted by atomic mass is 32.1. The van der Waals surface area contributed by atoms with Crippen LogP contribution in [0.5, 0.6) is 0 Å². The molecule has 4 nitrogen and oxygen atoms in total. The Morgan fingerprint density at radius 3 is 2.76 bits per heavy atom. The number of aliphatic carboxylic acids is 1. The number of carboxylic acid groups (broad SMARTS) is 1. The molecular weight excluding hydrogens is 286 g/mol. The molecule has 1 saturated carbocycles. The van der Waals surface area contributed by atoms with E-state index in [9.17, 15) is 14.7 Å². The molecule has 1 atom stereocenters. The number of carbonyl (C=O) groups excluding carboxylic acids is 1. The summed E-state index contributed by atoms with van der Waals surface area (Å²) in [6.07, 6.45) is 3.32. The molecule has 0 radical (unpaired) electrons. The molecule has 1 aliphatic carbocycles. The molecule has 2 heterocycles. The van der Waals surface area contributed by atoms with Gasteiger partial charge >= 0.3 is 5.97 Å². The summed E-state index contributed by atoms with van der Waals surface area (Å²) in [4.78, 5) is 27.3. The van der Waals surface area contributed by atoms with Crippen molar-refractivity contribution in [2.45, 2.75) is 45.6 Å². The van der Waals surface area contributed by atoms with Crippen LogP contribution < -0.4 is 0 Å². The Bertz CT molecular complexity index is 574. The molecular formula is C16H21NO3S. The van der Waals surface area contributed by atoms with Gasteiger partial charge in [-0.1, -0.05) is 0 Å². The highest BCUT2D eigenvalue weighted by molar-refractivity contribution is 7.10. The molecule has 114 valence electrons. The van der Waals surface area contributed by atoms with Crippen molar-refractivity contribution in [3.63, 3.8) is 0 Å². The zero-order chi connectivity index (χ0) is 15.2. The van der Waals surface area contributed by atoms with Gasteiger partial charge in [0.05, 0.1) is 11.5 Å². The lowest BCUT2D eigenvalue weighted by Gasteiger charge is -2.37. The lowest BCUT2D eigenvalue weighted by molar-refractivity contribution is -0.152. The Labute approximate surface area is 128 Å². The van der Waals surface area contributed by atoms with E-state index in [2.05, 4.69) is 11.4 Å². The fraction of sp³-hybridized carbons (Fsp3) is 0.625. The first-order valence-corrected chi connectivity index (χ1v) is 8.37. The van der Waals surface area contributed by atoms with Crippen LogP contribution in [0.2, 0.25) is 0 Å². The maximum absolute atomic E-state index is 12.7. The molecule has 3 rings (SSSR count). The number of hydrogen-bond acceptors (Lipinski definition) is 3. The second kappa shape index (κ2) is 5.13. The number of nitrogens with zero attached hydrogens (tertiary/aromatic N) is 1. The average molecular weight is 307 g/mol. The van der Waals surface area contributed by atoms with Crippen molar-refractivity contribution < 1.29 is 14.7 Å². The highest BCUT2D eigenvalue weighted by Gasteiger charge is 2.43. The second-order valence-electron chi connectivity index (χ2n) is 6.78. The summed E-state index contributed by atoms with van der Waals surface area (Å²) in [6.45, 7) is 3.97. The van der Waals surface area contributed by atoms with Crippen LogP contribution in [0.15, 0.2) is 11.4 Å². The molecule has 21 heavy (non-hydrogen) atoms. The Kier molecular flexibility index (Phi) is 3.56. The van der Waals surface area contributed by atoms with E-state index >= 15 is 0 Å². The number of carboxylic acids is 1. The number of amides is 1. The van der Waals surface area contributed by atoms with Crippen molar-refractivity contribution in [1.82, 2.24) is 4.90 Å². The third-order valence-electron chi connectivity index (χ3n) is 4.58. The minimum absolute atomic E-state index is 0.0175. The number of fused-ring (bicyclic) bond motifs is 1. The largest absolute Gasteiger partial charge is 0.481 e. The molecule has 1 unspecified atom stereocenters. The van der Waals surface area contributed by atoms with Crippen molar-refractivity contribution in [2.24, 2.45) is 11.3 Å². The van der Waals surface area contributed by atoms with E-state index in [1.54, 1.807) is 25.2 Å². The number of carbonyl (C=O) groups is 2. The smallest absolute Gasteiger partial charge is 0.309 e. The Morgan fingerprint density at radius 2 is 2.14 bits per heavy atom. The van der Waals surface area contributed by atoms with E-state index in [0.717, 1.165) is 13.0 Å². The topological polar surface area (TPSA) is 57.6 Å². The fourth-order valence-electron chi connectivity index (χ4n) is 3.10. The highest BCUT2D eigenvalue weighted by Crippen LogP contribution is 2.48. The van der Waals surface area contributed by atoms with Gasteiger partial charge in [0.15, 0.2) is 0 Å². The summed E-state index contributed by atoms with van der Waals surface area (Å²) in [6, 6.07) is 2.32. The van der Waals surface area contributed by atoms with Crippen LogP contribution >= 0.6 is 11.3 Å². The van der Waals surface area contributed by atoms with Crippen LogP contribution in [0.4, 0.5) is 0 Å². The van der Waals surface area contributed by atoms with Crippen molar-refractivity contribution in [2.75, 3.05) is 6.54 Å². The molecule has 0 aromatic carbocycles. The molecule has 0 bridgehead atoms. The summed E-state index contributed by atoms with van der Waals surface area (Å²) in [7, 11) is 0. The number of hydrogen-bond donors (Lipinski definition) is 1. The van der Waals surface area contributed by atoms with Crippen molar-refractivity contribution in [3.8, 4) is 0 Å². The van der Waals surface area contributed by atoms with E-state index in [1.807, 2.05) is 4.90 Å². The predicted octanol–water partition coefficient (Wildman–Crippen LogP) is 3.08. The van der Waals surface area contributed by atoms with E-state index in [0.29, 0.717) is 5.92 Å². The second-order valence-corrected chi connectivity index (χ2v) is 7.78. The summed E-state index contributed by atoms with van der Waals surface area (Å²) in [5.41, 5.74) is 0.301. The standard InChI is InChI=1S/C16H21NO3S/c1-16(2,15(19)20)9-13(18)17-7-5-12-11(6-8-21-12)14(17)10-3-4-10/h6,8,10,14H,3-5,7,9H2,1-2H3,(H,19,20). The molecule has 1 aromatic heterocycles. The molecule has 1 amide bonds. The quantitative estimate of drug-likeness (QED) is 0.930. The fourth-order valence-corrected chi connectivity index (χ4v) is 4.01. The summed E-state index contributed by atoms with van der Waals surface area (Å²) in [5, 5.41) is 11.3. The zero-order valence-corrected chi connectivity index (χ0v) is 13.3. The van der Waals surface area contributed by atoms with Crippen LogP contribution in [0, 0.1) is 11.3 Å². The van der Waals surface area contributed by atoms with Gasteiger partial charge in [-0.2, -0.15) is 0 Å². The van der Waals surface area contributed by atoms with Crippen LogP contribution in [0.1, 0.15) is 49.6 Å². The molecule has 0 saturated heterocycles. The maximum Gasteiger partial charge on any atom is 0.309 e. The third kappa shape index (κ3) is 2.71. The third-order valence-corrected chi connectivity index (χ3v) is 5.57. The number of thiophene rings is 1. The predicted molar refractivity (Wildman–Crippen MR) is 81.2 cm³/mol. The van der Waals surface area contributed by atoms with Crippen molar-refractivity contribution in [3.05, 3.63) is 21.9 Å². The molecule has 1 aromatic rings. The molecule has 5 heteroatoms. The van der Waals surface area contributed by atoms with E-state index in [1.165, 1.54) is 23.3 Å². The van der Waals surface area contributed by atoms with E-state index in [-0.39, 0.29) is 18.4 Å². The van der Waals surface area contributed by atoms with Gasteiger partial charge in [-0.25, -0.2) is 0 Å². The van der Waals surface area contributed by atoms with Gasteiger partial charge < -0.3 is 10.0 Å². The van der Waals surface area contributed by atoms with Gasteiger partial charge in [-0.05, 0) is 56.0 Å². The average Bonchev–Trinajstić information content (AvgIpc) is 3.13. The number of rotatable bonds is 4. The van der Waals surface area contributed by atoms with Crippen LogP contribution in [-0.2, 0) is 16.0 Å². The van der Waals surface area contributed by atoms with Gasteiger partial charge in [0.2, 0.25) is 5.91 Å². The molecule has 0 spiro atoms. The molecule has 1 N–H and O–H groups in total. The Hall–Kier alpha value is -1.36. The van der Waals surface area contributed by atoms with Gasteiger partial charge in [0.1, 0.15) is 0 Å². The lowest BCUT2D eigenvalue weighted by Crippen LogP contribution is -2.43. The summed E-state index contributed by atoms with van der Waals surface area (Å²) >= 11 is 1.77. The minimum atomic E-state index is -1.000. The molecule has 2 aliphatic rings. The monoisotopic (exact) mass is 307 g/mol. The molecule has 1 fully saturated rings.